The van der Waals surface area contributed by atoms with Crippen LogP contribution in [0.15, 0.2) is 36.4 Å². The van der Waals surface area contributed by atoms with E-state index in [1.165, 1.54) is 6.07 Å². The van der Waals surface area contributed by atoms with E-state index in [0.717, 1.165) is 49.6 Å². The summed E-state index contributed by atoms with van der Waals surface area (Å²) >= 11 is 1.06. The van der Waals surface area contributed by atoms with Gasteiger partial charge in [0.2, 0.25) is 0 Å². The first kappa shape index (κ1) is 21.0. The maximum absolute atomic E-state index is 12.3. The fraction of sp³-hybridized carbons (Fsp3) is 0.350. The highest BCUT2D eigenvalue weighted by atomic mass is 32.1. The first-order valence-corrected chi connectivity index (χ1v) is 10.3. The third-order valence-electron chi connectivity index (χ3n) is 4.67. The minimum atomic E-state index is -0.546. The van der Waals surface area contributed by atoms with Crippen molar-refractivity contribution in [3.8, 4) is 0 Å². The number of nitrogens with one attached hydrogen (secondary N) is 3. The number of primary amides is 1. The predicted molar refractivity (Wildman–Crippen MR) is 112 cm³/mol. The Balaban J connectivity index is 1.43. The third kappa shape index (κ3) is 6.11. The van der Waals surface area contributed by atoms with E-state index < -0.39 is 5.91 Å². The lowest BCUT2D eigenvalue weighted by Gasteiger charge is -2.27. The van der Waals surface area contributed by atoms with Gasteiger partial charge in [0, 0.05) is 51.4 Å². The number of carbonyl (C=O) groups is 3. The van der Waals surface area contributed by atoms with Gasteiger partial charge in [-0.15, -0.1) is 11.3 Å². The smallest absolute Gasteiger partial charge is 0.261 e. The van der Waals surface area contributed by atoms with Crippen LogP contribution in [0.2, 0.25) is 0 Å². The van der Waals surface area contributed by atoms with Crippen LogP contribution in [-0.2, 0) is 6.54 Å². The number of amides is 3. The molecule has 1 aliphatic heterocycles. The van der Waals surface area contributed by atoms with Crippen LogP contribution in [0, 0.1) is 0 Å². The fourth-order valence-electron chi connectivity index (χ4n) is 3.00. The van der Waals surface area contributed by atoms with Crippen LogP contribution in [0.5, 0.6) is 0 Å². The largest absolute Gasteiger partial charge is 0.365 e. The van der Waals surface area contributed by atoms with Crippen molar-refractivity contribution in [3.05, 3.63) is 57.3 Å². The van der Waals surface area contributed by atoms with Gasteiger partial charge in [0.05, 0.1) is 9.75 Å². The molecule has 1 fully saturated rings. The van der Waals surface area contributed by atoms with Gasteiger partial charge in [-0.1, -0.05) is 12.1 Å². The quantitative estimate of drug-likeness (QED) is 0.498. The van der Waals surface area contributed by atoms with Crippen LogP contribution in [0.1, 0.15) is 35.3 Å². The Morgan fingerprint density at radius 1 is 0.966 bits per heavy atom. The summed E-state index contributed by atoms with van der Waals surface area (Å²) in [6.45, 7) is 5.78. The maximum Gasteiger partial charge on any atom is 0.261 e. The molecule has 0 aliphatic carbocycles. The van der Waals surface area contributed by atoms with Crippen LogP contribution in [0.4, 0.5) is 0 Å². The number of benzene rings is 1. The van der Waals surface area contributed by atoms with E-state index in [-0.39, 0.29) is 11.8 Å². The SMILES string of the molecule is NC(=O)c1ccc(C(=O)NCc2ccc(C(=O)NCCN3CCNCC3)cc2)s1. The van der Waals surface area contributed by atoms with Crippen molar-refractivity contribution < 1.29 is 14.4 Å². The molecule has 1 aromatic heterocycles. The maximum atomic E-state index is 12.3. The molecular weight excluding hydrogens is 390 g/mol. The molecule has 0 bridgehead atoms. The predicted octanol–water partition coefficient (Wildman–Crippen LogP) is 0.412. The minimum absolute atomic E-state index is 0.103. The highest BCUT2D eigenvalue weighted by Gasteiger charge is 2.12. The third-order valence-corrected chi connectivity index (χ3v) is 5.76. The summed E-state index contributed by atoms with van der Waals surface area (Å²) in [6.07, 6.45) is 0. The summed E-state index contributed by atoms with van der Waals surface area (Å²) in [5.41, 5.74) is 6.67. The molecular formula is C20H25N5O3S. The first-order valence-electron chi connectivity index (χ1n) is 9.51. The van der Waals surface area contributed by atoms with Gasteiger partial charge < -0.3 is 21.7 Å². The van der Waals surface area contributed by atoms with Crippen molar-refractivity contribution >= 4 is 29.1 Å². The van der Waals surface area contributed by atoms with Gasteiger partial charge in [-0.3, -0.25) is 19.3 Å². The Hall–Kier alpha value is -2.75. The molecule has 8 nitrogen and oxygen atoms in total. The van der Waals surface area contributed by atoms with E-state index in [1.54, 1.807) is 18.2 Å². The molecule has 0 spiro atoms. The van der Waals surface area contributed by atoms with Crippen LogP contribution in [0.3, 0.4) is 0 Å². The summed E-state index contributed by atoms with van der Waals surface area (Å²) in [5, 5.41) is 9.04. The second-order valence-corrected chi connectivity index (χ2v) is 7.84. The number of nitrogens with zero attached hydrogens (tertiary/aromatic N) is 1. The summed E-state index contributed by atoms with van der Waals surface area (Å²) in [7, 11) is 0. The molecule has 3 rings (SSSR count). The molecule has 29 heavy (non-hydrogen) atoms. The average Bonchev–Trinajstić information content (AvgIpc) is 3.24. The van der Waals surface area contributed by atoms with Gasteiger partial charge in [-0.05, 0) is 29.8 Å². The van der Waals surface area contributed by atoms with Crippen molar-refractivity contribution in [2.45, 2.75) is 6.54 Å². The Kier molecular flexibility index (Phi) is 7.34. The highest BCUT2D eigenvalue weighted by Crippen LogP contribution is 2.16. The molecule has 2 aromatic rings. The minimum Gasteiger partial charge on any atom is -0.365 e. The molecule has 154 valence electrons. The van der Waals surface area contributed by atoms with E-state index in [9.17, 15) is 14.4 Å². The number of hydrogen-bond donors (Lipinski definition) is 4. The van der Waals surface area contributed by atoms with E-state index in [0.29, 0.717) is 28.4 Å². The molecule has 5 N–H and O–H groups in total. The lowest BCUT2D eigenvalue weighted by molar-refractivity contribution is 0.0941. The van der Waals surface area contributed by atoms with Gasteiger partial charge in [0.15, 0.2) is 0 Å². The Morgan fingerprint density at radius 2 is 1.66 bits per heavy atom. The number of carbonyl (C=O) groups excluding carboxylic acids is 3. The van der Waals surface area contributed by atoms with Gasteiger partial charge >= 0.3 is 0 Å². The van der Waals surface area contributed by atoms with Crippen LogP contribution >= 0.6 is 11.3 Å². The Morgan fingerprint density at radius 3 is 2.31 bits per heavy atom. The van der Waals surface area contributed by atoms with Crippen LogP contribution in [0.25, 0.3) is 0 Å². The number of thiophene rings is 1. The topological polar surface area (TPSA) is 117 Å². The number of nitrogens with two attached hydrogens (primary N) is 1. The number of hydrogen-bond acceptors (Lipinski definition) is 6. The zero-order valence-electron chi connectivity index (χ0n) is 16.1. The van der Waals surface area contributed by atoms with Gasteiger partial charge in [-0.25, -0.2) is 0 Å². The van der Waals surface area contributed by atoms with E-state index in [4.69, 9.17) is 5.73 Å². The Labute approximate surface area is 173 Å². The van der Waals surface area contributed by atoms with E-state index in [1.807, 2.05) is 12.1 Å². The van der Waals surface area contributed by atoms with E-state index in [2.05, 4.69) is 20.9 Å². The molecule has 1 aromatic carbocycles. The normalized spacial score (nSPS) is 14.3. The molecule has 1 aliphatic rings. The van der Waals surface area contributed by atoms with Crippen molar-refractivity contribution in [2.75, 3.05) is 39.3 Å². The summed E-state index contributed by atoms with van der Waals surface area (Å²) in [5.74, 6) is -0.915. The molecule has 3 amide bonds. The standard InChI is InChI=1S/C20H25N5O3S/c21-18(26)16-5-6-17(29-16)20(28)24-13-14-1-3-15(4-2-14)19(27)23-9-12-25-10-7-22-8-11-25/h1-6,22H,7-13H2,(H2,21,26)(H,23,27)(H,24,28). The summed E-state index contributed by atoms with van der Waals surface area (Å²) in [6, 6.07) is 10.2. The van der Waals surface area contributed by atoms with Crippen molar-refractivity contribution in [1.82, 2.24) is 20.9 Å². The highest BCUT2D eigenvalue weighted by molar-refractivity contribution is 7.15. The van der Waals surface area contributed by atoms with Crippen molar-refractivity contribution in [1.29, 1.82) is 0 Å². The molecule has 0 unspecified atom stereocenters. The van der Waals surface area contributed by atoms with Crippen molar-refractivity contribution in [3.63, 3.8) is 0 Å². The fourth-order valence-corrected chi connectivity index (χ4v) is 3.77. The zero-order valence-corrected chi connectivity index (χ0v) is 16.9. The van der Waals surface area contributed by atoms with Gasteiger partial charge in [-0.2, -0.15) is 0 Å². The molecule has 9 heteroatoms. The zero-order chi connectivity index (χ0) is 20.6. The number of rotatable bonds is 8. The second kappa shape index (κ2) is 10.1. The Bertz CT molecular complexity index is 859. The lowest BCUT2D eigenvalue weighted by Crippen LogP contribution is -2.46. The van der Waals surface area contributed by atoms with Crippen LogP contribution in [-0.4, -0.2) is 61.9 Å². The first-order chi connectivity index (χ1) is 14.0. The van der Waals surface area contributed by atoms with Gasteiger partial charge in [0.1, 0.15) is 0 Å². The van der Waals surface area contributed by atoms with Gasteiger partial charge in [0.25, 0.3) is 17.7 Å². The molecule has 0 radical (unpaired) electrons. The van der Waals surface area contributed by atoms with E-state index >= 15 is 0 Å². The molecule has 0 atom stereocenters. The number of piperazine rings is 1. The summed E-state index contributed by atoms with van der Waals surface area (Å²) < 4.78 is 0. The average molecular weight is 416 g/mol. The van der Waals surface area contributed by atoms with Crippen molar-refractivity contribution in [2.24, 2.45) is 5.73 Å². The molecule has 1 saturated heterocycles. The monoisotopic (exact) mass is 415 g/mol. The second-order valence-electron chi connectivity index (χ2n) is 6.76. The molecule has 0 saturated carbocycles. The van der Waals surface area contributed by atoms with Crippen LogP contribution < -0.4 is 21.7 Å². The molecule has 2 heterocycles. The lowest BCUT2D eigenvalue weighted by atomic mass is 10.1. The summed E-state index contributed by atoms with van der Waals surface area (Å²) in [4.78, 5) is 38.6.